The number of thioether (sulfide) groups is 1. The van der Waals surface area contributed by atoms with Gasteiger partial charge in [0.15, 0.2) is 0 Å². The highest BCUT2D eigenvalue weighted by Gasteiger charge is 2.03. The molecule has 0 spiro atoms. The highest BCUT2D eigenvalue weighted by molar-refractivity contribution is 7.97. The topological polar surface area (TPSA) is 28.7 Å². The number of benzene rings is 1. The smallest absolute Gasteiger partial charge is 0.117 e. The average Bonchev–Trinajstić information content (AvgIpc) is 2.48. The highest BCUT2D eigenvalue weighted by Crippen LogP contribution is 2.18. The molecule has 0 saturated heterocycles. The van der Waals surface area contributed by atoms with Gasteiger partial charge in [0.25, 0.3) is 0 Å². The normalized spacial score (nSPS) is 11.1. The van der Waals surface area contributed by atoms with Gasteiger partial charge in [0.05, 0.1) is 16.8 Å². The fourth-order valence-electron chi connectivity index (χ4n) is 1.53. The van der Waals surface area contributed by atoms with Gasteiger partial charge in [-0.2, -0.15) is 11.8 Å². The van der Waals surface area contributed by atoms with Crippen LogP contribution in [0.4, 0.5) is 0 Å². The Bertz CT molecular complexity index is 421. The Morgan fingerprint density at radius 3 is 2.71 bits per heavy atom. The number of hydrogen-bond acceptors (Lipinski definition) is 2. The third kappa shape index (κ3) is 1.64. The molecule has 1 aromatic carbocycles. The first-order valence-corrected chi connectivity index (χ1v) is 6.05. The van der Waals surface area contributed by atoms with Crippen LogP contribution in [0.15, 0.2) is 12.1 Å². The van der Waals surface area contributed by atoms with E-state index in [-0.39, 0.29) is 0 Å². The summed E-state index contributed by atoms with van der Waals surface area (Å²) < 4.78 is 0. The standard InChI is InChI=1S/C11H14N2S/c1-7-4-9-10(5-8(7)2)13-11(12-9)6-14-3/h4-5H,6H2,1-3H3,(H,12,13). The molecule has 2 nitrogen and oxygen atoms in total. The maximum atomic E-state index is 4.53. The molecule has 14 heavy (non-hydrogen) atoms. The van der Waals surface area contributed by atoms with E-state index in [2.05, 4.69) is 42.2 Å². The van der Waals surface area contributed by atoms with E-state index in [1.165, 1.54) is 11.1 Å². The molecule has 1 heterocycles. The Morgan fingerprint density at radius 1 is 1.29 bits per heavy atom. The van der Waals surface area contributed by atoms with Crippen molar-refractivity contribution in [2.75, 3.05) is 6.26 Å². The summed E-state index contributed by atoms with van der Waals surface area (Å²) in [5.41, 5.74) is 4.85. The van der Waals surface area contributed by atoms with Crippen molar-refractivity contribution in [2.24, 2.45) is 0 Å². The number of aromatic nitrogens is 2. The van der Waals surface area contributed by atoms with Crippen molar-refractivity contribution >= 4 is 22.8 Å². The van der Waals surface area contributed by atoms with Gasteiger partial charge >= 0.3 is 0 Å². The molecular weight excluding hydrogens is 192 g/mol. The Morgan fingerprint density at radius 2 is 2.00 bits per heavy atom. The Labute approximate surface area is 88.1 Å². The largest absolute Gasteiger partial charge is 0.341 e. The van der Waals surface area contributed by atoms with Crippen LogP contribution in [-0.4, -0.2) is 16.2 Å². The van der Waals surface area contributed by atoms with Crippen LogP contribution in [-0.2, 0) is 5.75 Å². The fraction of sp³-hybridized carbons (Fsp3) is 0.364. The van der Waals surface area contributed by atoms with Crippen molar-refractivity contribution in [3.05, 3.63) is 29.1 Å². The molecule has 0 bridgehead atoms. The maximum absolute atomic E-state index is 4.53. The first-order valence-electron chi connectivity index (χ1n) is 4.65. The zero-order valence-corrected chi connectivity index (χ0v) is 9.53. The van der Waals surface area contributed by atoms with E-state index >= 15 is 0 Å². The monoisotopic (exact) mass is 206 g/mol. The molecule has 0 unspecified atom stereocenters. The van der Waals surface area contributed by atoms with Gasteiger partial charge in [-0.15, -0.1) is 0 Å². The van der Waals surface area contributed by atoms with Crippen molar-refractivity contribution in [3.8, 4) is 0 Å². The van der Waals surface area contributed by atoms with Crippen LogP contribution >= 0.6 is 11.8 Å². The second-order valence-electron chi connectivity index (χ2n) is 3.57. The summed E-state index contributed by atoms with van der Waals surface area (Å²) in [6.07, 6.45) is 2.09. The molecule has 0 aliphatic carbocycles. The molecule has 0 radical (unpaired) electrons. The molecule has 0 aliphatic heterocycles. The lowest BCUT2D eigenvalue weighted by molar-refractivity contribution is 1.14. The molecule has 1 N–H and O–H groups in total. The lowest BCUT2D eigenvalue weighted by Crippen LogP contribution is -1.80. The number of imidazole rings is 1. The zero-order valence-electron chi connectivity index (χ0n) is 8.72. The van der Waals surface area contributed by atoms with Crippen molar-refractivity contribution in [3.63, 3.8) is 0 Å². The molecule has 2 aromatic rings. The summed E-state index contributed by atoms with van der Waals surface area (Å²) in [6, 6.07) is 4.31. The Hall–Kier alpha value is -0.960. The Kier molecular flexibility index (Phi) is 2.50. The van der Waals surface area contributed by atoms with E-state index in [1.807, 2.05) is 0 Å². The van der Waals surface area contributed by atoms with E-state index in [9.17, 15) is 0 Å². The predicted octanol–water partition coefficient (Wildman–Crippen LogP) is 3.04. The van der Waals surface area contributed by atoms with Crippen LogP contribution in [0.2, 0.25) is 0 Å². The van der Waals surface area contributed by atoms with Crippen molar-refractivity contribution < 1.29 is 0 Å². The zero-order chi connectivity index (χ0) is 10.1. The SMILES string of the molecule is CSCc1nc2cc(C)c(C)cc2[nH]1. The number of aromatic amines is 1. The average molecular weight is 206 g/mol. The summed E-state index contributed by atoms with van der Waals surface area (Å²) in [7, 11) is 0. The second-order valence-corrected chi connectivity index (χ2v) is 4.44. The number of nitrogens with zero attached hydrogens (tertiary/aromatic N) is 1. The summed E-state index contributed by atoms with van der Waals surface area (Å²) >= 11 is 1.78. The van der Waals surface area contributed by atoms with Crippen molar-refractivity contribution in [1.29, 1.82) is 0 Å². The first-order chi connectivity index (χ1) is 6.70. The molecule has 0 atom stereocenters. The van der Waals surface area contributed by atoms with Crippen LogP contribution in [0.5, 0.6) is 0 Å². The van der Waals surface area contributed by atoms with Crippen LogP contribution in [0.1, 0.15) is 17.0 Å². The molecular formula is C11H14N2S. The molecule has 0 amide bonds. The minimum atomic E-state index is 0.951. The quantitative estimate of drug-likeness (QED) is 0.818. The number of rotatable bonds is 2. The van der Waals surface area contributed by atoms with Crippen LogP contribution in [0, 0.1) is 13.8 Å². The van der Waals surface area contributed by atoms with Crippen LogP contribution < -0.4 is 0 Å². The van der Waals surface area contributed by atoms with Crippen molar-refractivity contribution in [1.82, 2.24) is 9.97 Å². The van der Waals surface area contributed by atoms with Gasteiger partial charge in [-0.25, -0.2) is 4.98 Å². The van der Waals surface area contributed by atoms with Gasteiger partial charge in [0.1, 0.15) is 5.82 Å². The summed E-state index contributed by atoms with van der Waals surface area (Å²) in [4.78, 5) is 7.86. The summed E-state index contributed by atoms with van der Waals surface area (Å²) in [5.74, 6) is 2.02. The van der Waals surface area contributed by atoms with Crippen LogP contribution in [0.3, 0.4) is 0 Å². The van der Waals surface area contributed by atoms with Gasteiger partial charge in [-0.3, -0.25) is 0 Å². The van der Waals surface area contributed by atoms with Gasteiger partial charge in [-0.1, -0.05) is 0 Å². The highest BCUT2D eigenvalue weighted by atomic mass is 32.2. The van der Waals surface area contributed by atoms with E-state index in [0.29, 0.717) is 0 Å². The Balaban J connectivity index is 2.54. The molecule has 0 aliphatic rings. The van der Waals surface area contributed by atoms with E-state index < -0.39 is 0 Å². The molecule has 0 fully saturated rings. The number of aryl methyl sites for hydroxylation is 2. The minimum absolute atomic E-state index is 0.951. The van der Waals surface area contributed by atoms with E-state index in [4.69, 9.17) is 0 Å². The van der Waals surface area contributed by atoms with E-state index in [0.717, 1.165) is 22.6 Å². The molecule has 2 rings (SSSR count). The fourth-order valence-corrected chi connectivity index (χ4v) is 1.94. The van der Waals surface area contributed by atoms with E-state index in [1.54, 1.807) is 11.8 Å². The molecule has 3 heteroatoms. The number of hydrogen-bond donors (Lipinski definition) is 1. The van der Waals surface area contributed by atoms with Crippen LogP contribution in [0.25, 0.3) is 11.0 Å². The van der Waals surface area contributed by atoms with Crippen molar-refractivity contribution in [2.45, 2.75) is 19.6 Å². The number of nitrogens with one attached hydrogen (secondary N) is 1. The summed E-state index contributed by atoms with van der Waals surface area (Å²) in [6.45, 7) is 4.25. The molecule has 0 saturated carbocycles. The maximum Gasteiger partial charge on any atom is 0.117 e. The lowest BCUT2D eigenvalue weighted by Gasteiger charge is -1.97. The lowest BCUT2D eigenvalue weighted by atomic mass is 10.1. The first kappa shape index (κ1) is 9.59. The minimum Gasteiger partial charge on any atom is -0.341 e. The summed E-state index contributed by atoms with van der Waals surface area (Å²) in [5, 5.41) is 0. The second kappa shape index (κ2) is 3.65. The number of fused-ring (bicyclic) bond motifs is 1. The third-order valence-electron chi connectivity index (χ3n) is 2.43. The van der Waals surface area contributed by atoms with Gasteiger partial charge in [-0.05, 0) is 43.4 Å². The van der Waals surface area contributed by atoms with Gasteiger partial charge in [0, 0.05) is 0 Å². The third-order valence-corrected chi connectivity index (χ3v) is 2.99. The molecule has 1 aromatic heterocycles. The van der Waals surface area contributed by atoms with Gasteiger partial charge in [0.2, 0.25) is 0 Å². The number of H-pyrrole nitrogens is 1. The molecule has 74 valence electrons. The predicted molar refractivity (Wildman–Crippen MR) is 62.8 cm³/mol. The van der Waals surface area contributed by atoms with Gasteiger partial charge < -0.3 is 4.98 Å².